The van der Waals surface area contributed by atoms with Crippen molar-refractivity contribution in [3.05, 3.63) is 25.3 Å². The number of morpholine rings is 1. The van der Waals surface area contributed by atoms with Crippen LogP contribution in [0.15, 0.2) is 25.3 Å². The fraction of sp³-hybridized carbons (Fsp3) is 0.600. The number of rotatable bonds is 4. The van der Waals surface area contributed by atoms with E-state index >= 15 is 0 Å². The first-order valence-electron chi connectivity index (χ1n) is 4.50. The lowest BCUT2D eigenvalue weighted by atomic mass is 9.94. The molecule has 1 aliphatic rings. The summed E-state index contributed by atoms with van der Waals surface area (Å²) < 4.78 is 5.77. The van der Waals surface area contributed by atoms with Gasteiger partial charge < -0.3 is 22.5 Å². The highest BCUT2D eigenvalue weighted by molar-refractivity contribution is 4.93. The fourth-order valence-electron chi connectivity index (χ4n) is 1.68. The van der Waals surface area contributed by atoms with Crippen molar-refractivity contribution in [2.45, 2.75) is 18.4 Å². The lowest BCUT2D eigenvalue weighted by Gasteiger charge is -2.33. The Balaban J connectivity index is 0.00000144. The first kappa shape index (κ1) is 12.7. The maximum atomic E-state index is 5.77. The molecule has 0 spiro atoms. The smallest absolute Gasteiger partial charge is 0.124 e. The number of halogens is 1. The van der Waals surface area contributed by atoms with Gasteiger partial charge in [-0.25, -0.2) is 0 Å². The van der Waals surface area contributed by atoms with Crippen LogP contribution in [-0.4, -0.2) is 25.3 Å². The van der Waals surface area contributed by atoms with Gasteiger partial charge in [0.05, 0.1) is 13.2 Å². The Labute approximate surface area is 86.5 Å². The Morgan fingerprint density at radius 1 is 1.31 bits per heavy atom. The summed E-state index contributed by atoms with van der Waals surface area (Å²) in [5, 5.41) is 2.30. The second kappa shape index (κ2) is 6.19. The van der Waals surface area contributed by atoms with Crippen LogP contribution in [0, 0.1) is 0 Å². The van der Waals surface area contributed by atoms with E-state index in [1.807, 2.05) is 12.2 Å². The maximum Gasteiger partial charge on any atom is 0.124 e. The first-order chi connectivity index (χ1) is 5.83. The summed E-state index contributed by atoms with van der Waals surface area (Å²) in [6.07, 6.45) is 5.72. The second-order valence-corrected chi connectivity index (χ2v) is 3.30. The fourth-order valence-corrected chi connectivity index (χ4v) is 1.68. The molecule has 0 atom stereocenters. The molecule has 0 aromatic rings. The number of hydrogen-bond acceptors (Lipinski definition) is 1. The molecule has 2 nitrogen and oxygen atoms in total. The topological polar surface area (TPSA) is 25.8 Å². The highest BCUT2D eigenvalue weighted by atomic mass is 35.5. The summed E-state index contributed by atoms with van der Waals surface area (Å²) in [7, 11) is 0. The molecule has 1 heterocycles. The van der Waals surface area contributed by atoms with Crippen molar-refractivity contribution in [1.29, 1.82) is 0 Å². The Morgan fingerprint density at radius 3 is 2.31 bits per heavy atom. The second-order valence-electron chi connectivity index (χ2n) is 3.30. The zero-order valence-corrected chi connectivity index (χ0v) is 8.72. The lowest BCUT2D eigenvalue weighted by Crippen LogP contribution is -3.00. The molecular formula is C10H18ClNO. The van der Waals surface area contributed by atoms with E-state index < -0.39 is 0 Å². The molecule has 1 fully saturated rings. The molecule has 0 radical (unpaired) electrons. The lowest BCUT2D eigenvalue weighted by molar-refractivity contribution is -0.685. The van der Waals surface area contributed by atoms with Crippen molar-refractivity contribution in [2.75, 3.05) is 19.7 Å². The number of hydrogen-bond donors (Lipinski definition) is 1. The number of nitrogens with two attached hydrogens (primary N) is 1. The van der Waals surface area contributed by atoms with Gasteiger partial charge in [0.25, 0.3) is 0 Å². The van der Waals surface area contributed by atoms with Gasteiger partial charge in [-0.15, -0.1) is 13.2 Å². The Hall–Kier alpha value is -0.310. The van der Waals surface area contributed by atoms with Crippen LogP contribution in [0.5, 0.6) is 0 Å². The van der Waals surface area contributed by atoms with Crippen LogP contribution >= 0.6 is 0 Å². The molecule has 0 aromatic carbocycles. The standard InChI is InChI=1S/C10H17NO.ClH/c1-3-5-10(6-4-2)9-11-7-8-12-10;/h3-4,11H,1-2,5-9H2;1H. The van der Waals surface area contributed by atoms with Gasteiger partial charge in [-0.3, -0.25) is 0 Å². The molecule has 13 heavy (non-hydrogen) atoms. The van der Waals surface area contributed by atoms with E-state index in [0.717, 1.165) is 32.5 Å². The van der Waals surface area contributed by atoms with E-state index in [1.165, 1.54) is 0 Å². The van der Waals surface area contributed by atoms with Gasteiger partial charge in [-0.05, 0) is 12.8 Å². The minimum absolute atomic E-state index is 0. The van der Waals surface area contributed by atoms with Gasteiger partial charge in [-0.2, -0.15) is 0 Å². The predicted molar refractivity (Wildman–Crippen MR) is 50.0 cm³/mol. The molecule has 1 rings (SSSR count). The van der Waals surface area contributed by atoms with Gasteiger partial charge in [-0.1, -0.05) is 12.2 Å². The van der Waals surface area contributed by atoms with Crippen LogP contribution in [0.1, 0.15) is 12.8 Å². The Morgan fingerprint density at radius 2 is 1.92 bits per heavy atom. The van der Waals surface area contributed by atoms with Crippen LogP contribution in [0.25, 0.3) is 0 Å². The molecule has 0 unspecified atom stereocenters. The van der Waals surface area contributed by atoms with Crippen LogP contribution in [0.3, 0.4) is 0 Å². The van der Waals surface area contributed by atoms with Crippen LogP contribution in [0.2, 0.25) is 0 Å². The molecule has 0 aromatic heterocycles. The Kier molecular flexibility index (Phi) is 6.04. The van der Waals surface area contributed by atoms with Crippen LogP contribution < -0.4 is 17.7 Å². The van der Waals surface area contributed by atoms with Crippen molar-refractivity contribution in [3.8, 4) is 0 Å². The molecule has 1 aliphatic heterocycles. The average Bonchev–Trinajstić information content (AvgIpc) is 2.07. The monoisotopic (exact) mass is 203 g/mol. The minimum atomic E-state index is -0.0122. The van der Waals surface area contributed by atoms with Gasteiger partial charge in [0.15, 0.2) is 0 Å². The predicted octanol–water partition coefficient (Wildman–Crippen LogP) is -2.52. The summed E-state index contributed by atoms with van der Waals surface area (Å²) in [4.78, 5) is 0. The summed E-state index contributed by atoms with van der Waals surface area (Å²) in [5.74, 6) is 0. The van der Waals surface area contributed by atoms with Crippen molar-refractivity contribution >= 4 is 0 Å². The molecule has 2 N–H and O–H groups in total. The molecule has 1 saturated heterocycles. The van der Waals surface area contributed by atoms with E-state index in [2.05, 4.69) is 18.5 Å². The molecule has 3 heteroatoms. The van der Waals surface area contributed by atoms with E-state index in [0.29, 0.717) is 0 Å². The SMILES string of the molecule is C=CCC1(CC=C)C[NH2+]CCO1.[Cl-]. The van der Waals surface area contributed by atoms with Gasteiger partial charge in [0.1, 0.15) is 12.1 Å². The molecule has 0 aliphatic carbocycles. The van der Waals surface area contributed by atoms with Gasteiger partial charge in [0.2, 0.25) is 0 Å². The summed E-state index contributed by atoms with van der Waals surface area (Å²) >= 11 is 0. The largest absolute Gasteiger partial charge is 1.00 e. The number of quaternary nitrogens is 1. The molecule has 76 valence electrons. The minimum Gasteiger partial charge on any atom is -1.00 e. The van der Waals surface area contributed by atoms with Crippen molar-refractivity contribution < 1.29 is 22.5 Å². The molecule has 0 bridgehead atoms. The summed E-state index contributed by atoms with van der Waals surface area (Å²) in [6, 6.07) is 0. The van der Waals surface area contributed by atoms with Crippen LogP contribution in [-0.2, 0) is 4.74 Å². The first-order valence-corrected chi connectivity index (χ1v) is 4.50. The van der Waals surface area contributed by atoms with E-state index in [4.69, 9.17) is 4.74 Å². The third-order valence-electron chi connectivity index (χ3n) is 2.28. The average molecular weight is 204 g/mol. The maximum absolute atomic E-state index is 5.77. The summed E-state index contributed by atoms with van der Waals surface area (Å²) in [5.41, 5.74) is -0.0122. The van der Waals surface area contributed by atoms with Crippen LogP contribution in [0.4, 0.5) is 0 Å². The van der Waals surface area contributed by atoms with Gasteiger partial charge in [0, 0.05) is 0 Å². The van der Waals surface area contributed by atoms with E-state index in [1.54, 1.807) is 0 Å². The Bertz CT molecular complexity index is 152. The van der Waals surface area contributed by atoms with Crippen molar-refractivity contribution in [2.24, 2.45) is 0 Å². The quantitative estimate of drug-likeness (QED) is 0.502. The third-order valence-corrected chi connectivity index (χ3v) is 2.28. The molecular weight excluding hydrogens is 186 g/mol. The molecule has 0 saturated carbocycles. The van der Waals surface area contributed by atoms with Crippen molar-refractivity contribution in [1.82, 2.24) is 0 Å². The zero-order valence-electron chi connectivity index (χ0n) is 7.97. The summed E-state index contributed by atoms with van der Waals surface area (Å²) in [6.45, 7) is 10.5. The van der Waals surface area contributed by atoms with E-state index in [-0.39, 0.29) is 18.0 Å². The highest BCUT2D eigenvalue weighted by Crippen LogP contribution is 2.21. The zero-order chi connectivity index (χ0) is 8.86. The normalized spacial score (nSPS) is 20.0. The highest BCUT2D eigenvalue weighted by Gasteiger charge is 2.33. The van der Waals surface area contributed by atoms with Gasteiger partial charge >= 0.3 is 0 Å². The number of ether oxygens (including phenoxy) is 1. The molecule has 0 amide bonds. The van der Waals surface area contributed by atoms with E-state index in [9.17, 15) is 0 Å². The van der Waals surface area contributed by atoms with Crippen molar-refractivity contribution in [3.63, 3.8) is 0 Å². The third kappa shape index (κ3) is 3.51.